The van der Waals surface area contributed by atoms with Gasteiger partial charge in [-0.15, -0.1) is 11.3 Å². The maximum atomic E-state index is 11.2. The van der Waals surface area contributed by atoms with E-state index in [1.54, 1.807) is 14.2 Å². The Morgan fingerprint density at radius 3 is 2.62 bits per heavy atom. The molecular weight excluding hydrogens is 290 g/mol. The lowest BCUT2D eigenvalue weighted by Gasteiger charge is -2.09. The van der Waals surface area contributed by atoms with E-state index in [1.165, 1.54) is 11.3 Å². The summed E-state index contributed by atoms with van der Waals surface area (Å²) in [7, 11) is 3.20. The van der Waals surface area contributed by atoms with Crippen LogP contribution in [0.15, 0.2) is 18.2 Å². The van der Waals surface area contributed by atoms with Crippen LogP contribution in [-0.4, -0.2) is 30.3 Å². The van der Waals surface area contributed by atoms with Crippen LogP contribution in [0.2, 0.25) is 0 Å². The van der Waals surface area contributed by atoms with Gasteiger partial charge in [-0.3, -0.25) is 0 Å². The second-order valence-corrected chi connectivity index (χ2v) is 5.48. The van der Waals surface area contributed by atoms with Crippen molar-refractivity contribution in [1.82, 2.24) is 4.98 Å². The van der Waals surface area contributed by atoms with Gasteiger partial charge in [0.2, 0.25) is 0 Å². The van der Waals surface area contributed by atoms with Gasteiger partial charge >= 0.3 is 5.97 Å². The summed E-state index contributed by atoms with van der Waals surface area (Å²) in [6, 6.07) is 5.57. The number of carboxylic acid groups (broad SMARTS) is 1. The van der Waals surface area contributed by atoms with Crippen molar-refractivity contribution in [3.05, 3.63) is 39.3 Å². The van der Waals surface area contributed by atoms with Crippen molar-refractivity contribution >= 4 is 17.3 Å². The quantitative estimate of drug-likeness (QED) is 0.888. The first kappa shape index (κ1) is 15.3. The highest BCUT2D eigenvalue weighted by Gasteiger charge is 2.17. The Hall–Kier alpha value is -2.08. The number of methoxy groups -OCH3 is 2. The maximum absolute atomic E-state index is 11.2. The van der Waals surface area contributed by atoms with E-state index < -0.39 is 5.97 Å². The molecule has 0 amide bonds. The molecule has 21 heavy (non-hydrogen) atoms. The number of carboxylic acids is 1. The molecule has 0 aliphatic heterocycles. The first-order valence-corrected chi connectivity index (χ1v) is 7.33. The van der Waals surface area contributed by atoms with Crippen molar-refractivity contribution in [1.29, 1.82) is 0 Å². The fourth-order valence-electron chi connectivity index (χ4n) is 2.04. The third-order valence-corrected chi connectivity index (χ3v) is 4.19. The Bertz CT molecular complexity index is 651. The fourth-order valence-corrected chi connectivity index (χ4v) is 3.06. The molecule has 0 aliphatic rings. The van der Waals surface area contributed by atoms with E-state index in [4.69, 9.17) is 9.47 Å². The molecule has 1 N–H and O–H groups in total. The Labute approximate surface area is 127 Å². The lowest BCUT2D eigenvalue weighted by atomic mass is 10.1. The number of carbonyl (C=O) groups is 1. The molecule has 0 unspecified atom stereocenters. The molecule has 0 saturated heterocycles. The van der Waals surface area contributed by atoms with Gasteiger partial charge < -0.3 is 14.6 Å². The lowest BCUT2D eigenvalue weighted by molar-refractivity contribution is 0.0701. The standard InChI is InChI=1S/C15H17NO4S/c1-4-11-14(15(17)18)21-13(16-11)7-9-5-6-10(19-2)8-12(9)20-3/h5-6,8H,4,7H2,1-3H3,(H,17,18). The minimum Gasteiger partial charge on any atom is -0.497 e. The predicted molar refractivity (Wildman–Crippen MR) is 80.8 cm³/mol. The summed E-state index contributed by atoms with van der Waals surface area (Å²) in [4.78, 5) is 15.9. The second kappa shape index (κ2) is 6.58. The Balaban J connectivity index is 2.31. The molecule has 0 bridgehead atoms. The summed E-state index contributed by atoms with van der Waals surface area (Å²) < 4.78 is 10.5. The van der Waals surface area contributed by atoms with Gasteiger partial charge in [-0.25, -0.2) is 9.78 Å². The lowest BCUT2D eigenvalue weighted by Crippen LogP contribution is -1.97. The van der Waals surface area contributed by atoms with Gasteiger partial charge in [-0.2, -0.15) is 0 Å². The summed E-state index contributed by atoms with van der Waals surface area (Å²) in [6.45, 7) is 1.90. The topological polar surface area (TPSA) is 68.7 Å². The molecule has 0 radical (unpaired) electrons. The molecule has 6 heteroatoms. The van der Waals surface area contributed by atoms with Crippen LogP contribution in [-0.2, 0) is 12.8 Å². The molecule has 0 atom stereocenters. The number of aromatic nitrogens is 1. The molecule has 2 aromatic rings. The Morgan fingerprint density at radius 1 is 1.33 bits per heavy atom. The van der Waals surface area contributed by atoms with E-state index in [0.717, 1.165) is 16.3 Å². The van der Waals surface area contributed by atoms with Crippen molar-refractivity contribution in [3.63, 3.8) is 0 Å². The highest BCUT2D eigenvalue weighted by molar-refractivity contribution is 7.13. The van der Waals surface area contributed by atoms with E-state index >= 15 is 0 Å². The fraction of sp³-hybridized carbons (Fsp3) is 0.333. The van der Waals surface area contributed by atoms with Crippen LogP contribution < -0.4 is 9.47 Å². The number of benzene rings is 1. The molecule has 0 spiro atoms. The third kappa shape index (κ3) is 3.33. The Morgan fingerprint density at radius 2 is 2.10 bits per heavy atom. The van der Waals surface area contributed by atoms with E-state index in [1.807, 2.05) is 25.1 Å². The van der Waals surface area contributed by atoms with Crippen LogP contribution in [0, 0.1) is 0 Å². The predicted octanol–water partition coefficient (Wildman–Crippen LogP) is 3.01. The summed E-state index contributed by atoms with van der Waals surface area (Å²) >= 11 is 1.22. The number of thiazole rings is 1. The summed E-state index contributed by atoms with van der Waals surface area (Å²) in [5, 5.41) is 9.95. The molecular formula is C15H17NO4S. The van der Waals surface area contributed by atoms with Crippen LogP contribution in [0.4, 0.5) is 0 Å². The molecule has 0 fully saturated rings. The summed E-state index contributed by atoms with van der Waals surface area (Å²) in [5.41, 5.74) is 1.58. The van der Waals surface area contributed by atoms with Crippen LogP contribution in [0.25, 0.3) is 0 Å². The summed E-state index contributed by atoms with van der Waals surface area (Å²) in [5.74, 6) is 0.506. The average molecular weight is 307 g/mol. The van der Waals surface area contributed by atoms with Gasteiger partial charge in [-0.05, 0) is 12.5 Å². The van der Waals surface area contributed by atoms with Gasteiger partial charge in [0, 0.05) is 18.1 Å². The molecule has 1 heterocycles. The van der Waals surface area contributed by atoms with E-state index in [-0.39, 0.29) is 0 Å². The highest BCUT2D eigenvalue weighted by Crippen LogP contribution is 2.29. The first-order chi connectivity index (χ1) is 10.1. The highest BCUT2D eigenvalue weighted by atomic mass is 32.1. The number of aromatic carboxylic acids is 1. The molecule has 0 aliphatic carbocycles. The third-order valence-electron chi connectivity index (χ3n) is 3.11. The molecule has 112 valence electrons. The van der Waals surface area contributed by atoms with Crippen molar-refractivity contribution in [2.24, 2.45) is 0 Å². The number of aryl methyl sites for hydroxylation is 1. The van der Waals surface area contributed by atoms with Crippen molar-refractivity contribution in [2.75, 3.05) is 14.2 Å². The van der Waals surface area contributed by atoms with Gasteiger partial charge in [0.1, 0.15) is 16.4 Å². The first-order valence-electron chi connectivity index (χ1n) is 6.51. The average Bonchev–Trinajstić information content (AvgIpc) is 2.91. The number of ether oxygens (including phenoxy) is 2. The van der Waals surface area contributed by atoms with Crippen molar-refractivity contribution in [3.8, 4) is 11.5 Å². The van der Waals surface area contributed by atoms with Crippen molar-refractivity contribution < 1.29 is 19.4 Å². The normalized spacial score (nSPS) is 10.4. The second-order valence-electron chi connectivity index (χ2n) is 4.40. The smallest absolute Gasteiger partial charge is 0.347 e. The van der Waals surface area contributed by atoms with Gasteiger partial charge in [0.05, 0.1) is 24.9 Å². The molecule has 0 saturated carbocycles. The largest absolute Gasteiger partial charge is 0.497 e. The monoisotopic (exact) mass is 307 g/mol. The van der Waals surface area contributed by atoms with Gasteiger partial charge in [0.15, 0.2) is 0 Å². The van der Waals surface area contributed by atoms with Crippen LogP contribution in [0.1, 0.15) is 32.9 Å². The molecule has 2 rings (SSSR count). The zero-order valence-corrected chi connectivity index (χ0v) is 13.0. The molecule has 1 aromatic carbocycles. The van der Waals surface area contributed by atoms with E-state index in [0.29, 0.717) is 29.2 Å². The van der Waals surface area contributed by atoms with Crippen LogP contribution in [0.5, 0.6) is 11.5 Å². The van der Waals surface area contributed by atoms with Crippen molar-refractivity contribution in [2.45, 2.75) is 19.8 Å². The minimum absolute atomic E-state index is 0.319. The van der Waals surface area contributed by atoms with Gasteiger partial charge in [-0.1, -0.05) is 13.0 Å². The van der Waals surface area contributed by atoms with E-state index in [9.17, 15) is 9.90 Å². The summed E-state index contributed by atoms with van der Waals surface area (Å²) in [6.07, 6.45) is 1.15. The number of nitrogens with zero attached hydrogens (tertiary/aromatic N) is 1. The number of hydrogen-bond donors (Lipinski definition) is 1. The minimum atomic E-state index is -0.919. The molecule has 5 nitrogen and oxygen atoms in total. The zero-order valence-electron chi connectivity index (χ0n) is 12.2. The number of rotatable bonds is 6. The SMILES string of the molecule is CCc1nc(Cc2ccc(OC)cc2OC)sc1C(=O)O. The Kier molecular flexibility index (Phi) is 4.80. The van der Waals surface area contributed by atoms with Crippen LogP contribution in [0.3, 0.4) is 0 Å². The molecule has 1 aromatic heterocycles. The van der Waals surface area contributed by atoms with Gasteiger partial charge in [0.25, 0.3) is 0 Å². The maximum Gasteiger partial charge on any atom is 0.347 e. The number of hydrogen-bond acceptors (Lipinski definition) is 5. The zero-order chi connectivity index (χ0) is 15.4. The van der Waals surface area contributed by atoms with Crippen LogP contribution >= 0.6 is 11.3 Å². The van der Waals surface area contributed by atoms with E-state index in [2.05, 4.69) is 4.98 Å².